The smallest absolute Gasteiger partial charge is 0.0728 e. The van der Waals surface area contributed by atoms with Crippen molar-refractivity contribution >= 4 is 10.9 Å². The van der Waals surface area contributed by atoms with Gasteiger partial charge >= 0.3 is 0 Å². The Bertz CT molecular complexity index is 718. The first kappa shape index (κ1) is 13.8. The van der Waals surface area contributed by atoms with Gasteiger partial charge in [-0.2, -0.15) is 5.10 Å². The van der Waals surface area contributed by atoms with Crippen LogP contribution in [-0.4, -0.2) is 21.0 Å². The zero-order valence-electron chi connectivity index (χ0n) is 12.2. The van der Waals surface area contributed by atoms with Gasteiger partial charge in [-0.3, -0.25) is 4.68 Å². The molecule has 0 fully saturated rings. The summed E-state index contributed by atoms with van der Waals surface area (Å²) in [4.78, 5) is 0. The Balaban J connectivity index is 1.68. The molecule has 1 unspecified atom stereocenters. The van der Waals surface area contributed by atoms with Gasteiger partial charge in [0, 0.05) is 18.9 Å². The third-order valence-corrected chi connectivity index (χ3v) is 3.87. The molecular formula is C18H20N2O. The van der Waals surface area contributed by atoms with Gasteiger partial charge in [0.25, 0.3) is 0 Å². The van der Waals surface area contributed by atoms with Crippen LogP contribution in [0.1, 0.15) is 17.7 Å². The minimum absolute atomic E-state index is 0.358. The average molecular weight is 280 g/mol. The number of aryl methyl sites for hydroxylation is 2. The molecular weight excluding hydrogens is 260 g/mol. The number of nitrogens with zero attached hydrogens (tertiary/aromatic N) is 2. The standard InChI is InChI=1S/C18H20N2O/c1-20-18-10-6-5-9-16(18)17(19-20)13-15(21)12-11-14-7-3-2-4-8-14/h2-10,15,21H,11-13H2,1H3. The van der Waals surface area contributed by atoms with Gasteiger partial charge in [0.15, 0.2) is 0 Å². The van der Waals surface area contributed by atoms with E-state index in [1.807, 2.05) is 42.1 Å². The van der Waals surface area contributed by atoms with Crippen molar-refractivity contribution in [1.29, 1.82) is 0 Å². The molecule has 108 valence electrons. The second kappa shape index (κ2) is 6.10. The molecule has 0 aliphatic heterocycles. The maximum atomic E-state index is 10.3. The van der Waals surface area contributed by atoms with Crippen LogP contribution in [0, 0.1) is 0 Å². The first-order valence-electron chi connectivity index (χ1n) is 7.36. The monoisotopic (exact) mass is 280 g/mol. The molecule has 21 heavy (non-hydrogen) atoms. The number of fused-ring (bicyclic) bond motifs is 1. The summed E-state index contributed by atoms with van der Waals surface area (Å²) >= 11 is 0. The number of aromatic nitrogens is 2. The van der Waals surface area contributed by atoms with Gasteiger partial charge in [0.1, 0.15) is 0 Å². The molecule has 0 saturated carbocycles. The van der Waals surface area contributed by atoms with Crippen molar-refractivity contribution in [2.45, 2.75) is 25.4 Å². The molecule has 3 nitrogen and oxygen atoms in total. The molecule has 0 saturated heterocycles. The van der Waals surface area contributed by atoms with Crippen molar-refractivity contribution in [3.63, 3.8) is 0 Å². The molecule has 0 bridgehead atoms. The normalized spacial score (nSPS) is 12.7. The van der Waals surface area contributed by atoms with Gasteiger partial charge in [-0.05, 0) is 24.5 Å². The van der Waals surface area contributed by atoms with Crippen molar-refractivity contribution in [2.24, 2.45) is 7.05 Å². The molecule has 1 atom stereocenters. The highest BCUT2D eigenvalue weighted by atomic mass is 16.3. The molecule has 0 aliphatic rings. The highest BCUT2D eigenvalue weighted by Crippen LogP contribution is 2.19. The molecule has 0 radical (unpaired) electrons. The Morgan fingerprint density at radius 3 is 2.57 bits per heavy atom. The van der Waals surface area contributed by atoms with Crippen LogP contribution in [0.25, 0.3) is 10.9 Å². The number of rotatable bonds is 5. The van der Waals surface area contributed by atoms with Gasteiger partial charge in [0.05, 0.1) is 17.3 Å². The highest BCUT2D eigenvalue weighted by Gasteiger charge is 2.12. The van der Waals surface area contributed by atoms with E-state index in [4.69, 9.17) is 0 Å². The van der Waals surface area contributed by atoms with Crippen LogP contribution in [0.15, 0.2) is 54.6 Å². The largest absolute Gasteiger partial charge is 0.393 e. The molecule has 0 spiro atoms. The Hall–Kier alpha value is -2.13. The predicted molar refractivity (Wildman–Crippen MR) is 85.2 cm³/mol. The lowest BCUT2D eigenvalue weighted by Gasteiger charge is -2.09. The molecule has 0 aliphatic carbocycles. The summed E-state index contributed by atoms with van der Waals surface area (Å²) in [5, 5.41) is 16.0. The lowest BCUT2D eigenvalue weighted by molar-refractivity contribution is 0.164. The number of aliphatic hydroxyl groups excluding tert-OH is 1. The Kier molecular flexibility index (Phi) is 4.02. The van der Waals surface area contributed by atoms with E-state index in [1.165, 1.54) is 5.56 Å². The fraction of sp³-hybridized carbons (Fsp3) is 0.278. The number of hydrogen-bond acceptors (Lipinski definition) is 2. The summed E-state index contributed by atoms with van der Waals surface area (Å²) in [5.41, 5.74) is 3.36. The zero-order valence-corrected chi connectivity index (χ0v) is 12.2. The molecule has 2 aromatic carbocycles. The van der Waals surface area contributed by atoms with Crippen molar-refractivity contribution in [3.05, 3.63) is 65.9 Å². The lowest BCUT2D eigenvalue weighted by atomic mass is 10.0. The molecule has 3 rings (SSSR count). The molecule has 3 aromatic rings. The van der Waals surface area contributed by atoms with E-state index < -0.39 is 0 Å². The van der Waals surface area contributed by atoms with Crippen LogP contribution in [0.5, 0.6) is 0 Å². The number of para-hydroxylation sites is 1. The maximum Gasteiger partial charge on any atom is 0.0728 e. The maximum absolute atomic E-state index is 10.3. The fourth-order valence-electron chi connectivity index (χ4n) is 2.74. The van der Waals surface area contributed by atoms with E-state index in [9.17, 15) is 5.11 Å². The first-order valence-corrected chi connectivity index (χ1v) is 7.36. The fourth-order valence-corrected chi connectivity index (χ4v) is 2.74. The van der Waals surface area contributed by atoms with Crippen molar-refractivity contribution < 1.29 is 5.11 Å². The van der Waals surface area contributed by atoms with Crippen LogP contribution in [-0.2, 0) is 19.9 Å². The molecule has 1 heterocycles. The van der Waals surface area contributed by atoms with Crippen LogP contribution in [0.4, 0.5) is 0 Å². The predicted octanol–water partition coefficient (Wildman–Crippen LogP) is 3.11. The summed E-state index contributed by atoms with van der Waals surface area (Å²) in [5.74, 6) is 0. The molecule has 1 aromatic heterocycles. The highest BCUT2D eigenvalue weighted by molar-refractivity contribution is 5.81. The third-order valence-electron chi connectivity index (χ3n) is 3.87. The van der Waals surface area contributed by atoms with Gasteiger partial charge in [-0.1, -0.05) is 48.5 Å². The Morgan fingerprint density at radius 2 is 1.76 bits per heavy atom. The summed E-state index contributed by atoms with van der Waals surface area (Å²) in [6.07, 6.45) is 1.90. The number of hydrogen-bond donors (Lipinski definition) is 1. The quantitative estimate of drug-likeness (QED) is 0.780. The van der Waals surface area contributed by atoms with Gasteiger partial charge < -0.3 is 5.11 Å². The van der Waals surface area contributed by atoms with E-state index in [-0.39, 0.29) is 6.10 Å². The van der Waals surface area contributed by atoms with Crippen LogP contribution in [0.2, 0.25) is 0 Å². The molecule has 0 amide bonds. The number of aliphatic hydroxyl groups is 1. The lowest BCUT2D eigenvalue weighted by Crippen LogP contribution is -2.12. The summed E-state index contributed by atoms with van der Waals surface area (Å²) in [7, 11) is 1.95. The Morgan fingerprint density at radius 1 is 1.05 bits per heavy atom. The molecule has 3 heteroatoms. The van der Waals surface area contributed by atoms with Crippen LogP contribution >= 0.6 is 0 Å². The van der Waals surface area contributed by atoms with Crippen molar-refractivity contribution in [1.82, 2.24) is 9.78 Å². The second-order valence-electron chi connectivity index (χ2n) is 5.47. The Labute approximate surface area is 124 Å². The van der Waals surface area contributed by atoms with Crippen LogP contribution < -0.4 is 0 Å². The SMILES string of the molecule is Cn1nc(CC(O)CCc2ccccc2)c2ccccc21. The summed E-state index contributed by atoms with van der Waals surface area (Å²) in [6.45, 7) is 0. The summed E-state index contributed by atoms with van der Waals surface area (Å²) in [6, 6.07) is 18.4. The minimum atomic E-state index is -0.358. The first-order chi connectivity index (χ1) is 10.2. The van der Waals surface area contributed by atoms with E-state index in [2.05, 4.69) is 29.4 Å². The summed E-state index contributed by atoms with van der Waals surface area (Å²) < 4.78 is 1.88. The van der Waals surface area contributed by atoms with Gasteiger partial charge in [-0.25, -0.2) is 0 Å². The van der Waals surface area contributed by atoms with E-state index in [1.54, 1.807) is 0 Å². The topological polar surface area (TPSA) is 38.0 Å². The van der Waals surface area contributed by atoms with Gasteiger partial charge in [0.2, 0.25) is 0 Å². The van der Waals surface area contributed by atoms with E-state index >= 15 is 0 Å². The van der Waals surface area contributed by atoms with Gasteiger partial charge in [-0.15, -0.1) is 0 Å². The second-order valence-corrected chi connectivity index (χ2v) is 5.47. The minimum Gasteiger partial charge on any atom is -0.393 e. The third kappa shape index (κ3) is 3.14. The van der Waals surface area contributed by atoms with Crippen molar-refractivity contribution in [2.75, 3.05) is 0 Å². The molecule has 1 N–H and O–H groups in total. The van der Waals surface area contributed by atoms with E-state index in [0.29, 0.717) is 6.42 Å². The number of benzene rings is 2. The average Bonchev–Trinajstić information content (AvgIpc) is 2.83. The zero-order chi connectivity index (χ0) is 14.7. The van der Waals surface area contributed by atoms with Crippen molar-refractivity contribution in [3.8, 4) is 0 Å². The van der Waals surface area contributed by atoms with E-state index in [0.717, 1.165) is 29.4 Å². The van der Waals surface area contributed by atoms with Crippen LogP contribution in [0.3, 0.4) is 0 Å².